The van der Waals surface area contributed by atoms with Crippen molar-refractivity contribution in [3.63, 3.8) is 0 Å². The first kappa shape index (κ1) is 36.5. The fourth-order valence-corrected chi connectivity index (χ4v) is 5.35. The molecule has 2 aromatic carbocycles. The van der Waals surface area contributed by atoms with Gasteiger partial charge in [0.1, 0.15) is 0 Å². The molecule has 0 saturated heterocycles. The summed E-state index contributed by atoms with van der Waals surface area (Å²) >= 11 is 1.55. The predicted molar refractivity (Wildman–Crippen MR) is 156 cm³/mol. The molecule has 0 bridgehead atoms. The van der Waals surface area contributed by atoms with Crippen molar-refractivity contribution < 1.29 is 49.0 Å². The van der Waals surface area contributed by atoms with Crippen molar-refractivity contribution >= 4 is 11.3 Å². The molecule has 0 N–H and O–H groups in total. The Morgan fingerprint density at radius 1 is 0.892 bits per heavy atom. The second-order valence-corrected chi connectivity index (χ2v) is 20.8. The van der Waals surface area contributed by atoms with Crippen LogP contribution in [-0.2, 0) is 41.5 Å². The van der Waals surface area contributed by atoms with Crippen molar-refractivity contribution in [3.8, 4) is 11.1 Å². The minimum absolute atomic E-state index is 0. The van der Waals surface area contributed by atoms with E-state index < -0.39 is 8.07 Å². The molecule has 1 atom stereocenters. The largest absolute Gasteiger partial charge is 1.00 e. The number of halogens is 2. The Bertz CT molecular complexity index is 1060. The normalized spacial score (nSPS) is 15.5. The SMILES string of the molecule is CC(C)(C)c1[c-]c2c(cc1)-c1ccc(C(C)(C)C)cc1C2.CC1[C-]=CC([Si](C)(C)C)=C1.C[C](C)=[Zr+2].[Cl-].[Cl-]. The minimum atomic E-state index is -1.02. The molecule has 0 spiro atoms. The van der Waals surface area contributed by atoms with E-state index in [0.29, 0.717) is 5.92 Å². The summed E-state index contributed by atoms with van der Waals surface area (Å²) in [6, 6.07) is 15.2. The molecule has 0 amide bonds. The molecule has 0 radical (unpaired) electrons. The molecule has 4 rings (SSSR count). The second-order valence-electron chi connectivity index (χ2n) is 13.3. The number of benzene rings is 2. The van der Waals surface area contributed by atoms with Crippen LogP contribution in [0.5, 0.6) is 0 Å². The number of allylic oxidation sites excluding steroid dienone is 4. The Morgan fingerprint density at radius 2 is 1.43 bits per heavy atom. The maximum absolute atomic E-state index is 3.67. The van der Waals surface area contributed by atoms with Crippen molar-refractivity contribution in [2.45, 2.75) is 99.2 Å². The molecule has 0 aromatic heterocycles. The van der Waals surface area contributed by atoms with Crippen LogP contribution in [0.2, 0.25) is 19.6 Å². The molecule has 4 heteroatoms. The number of hydrogen-bond acceptors (Lipinski definition) is 0. The van der Waals surface area contributed by atoms with Crippen LogP contribution in [-0.4, -0.2) is 11.3 Å². The smallest absolute Gasteiger partial charge is 1.00 e. The van der Waals surface area contributed by atoms with Crippen molar-refractivity contribution in [1.82, 2.24) is 0 Å². The summed E-state index contributed by atoms with van der Waals surface area (Å²) in [5, 5.41) is 1.56. The third-order valence-electron chi connectivity index (χ3n) is 6.26. The zero-order valence-corrected chi connectivity index (χ0v) is 30.1. The average Bonchev–Trinajstić information content (AvgIpc) is 3.29. The molecular formula is C33H46Cl2SiZr-2. The van der Waals surface area contributed by atoms with Gasteiger partial charge < -0.3 is 24.8 Å². The van der Waals surface area contributed by atoms with Crippen molar-refractivity contribution in [1.29, 1.82) is 0 Å². The number of rotatable bonds is 1. The number of fused-ring (bicyclic) bond motifs is 3. The summed E-state index contributed by atoms with van der Waals surface area (Å²) < 4.78 is 1.51. The van der Waals surface area contributed by atoms with E-state index in [1.54, 1.807) is 29.4 Å². The Morgan fingerprint density at radius 3 is 1.84 bits per heavy atom. The van der Waals surface area contributed by atoms with Gasteiger partial charge in [0.15, 0.2) is 0 Å². The van der Waals surface area contributed by atoms with E-state index in [-0.39, 0.29) is 35.6 Å². The first-order chi connectivity index (χ1) is 15.9. The van der Waals surface area contributed by atoms with Gasteiger partial charge in [-0.3, -0.25) is 6.08 Å². The van der Waals surface area contributed by atoms with Gasteiger partial charge in [0.2, 0.25) is 0 Å². The van der Waals surface area contributed by atoms with Gasteiger partial charge in [-0.25, -0.2) is 11.3 Å². The van der Waals surface area contributed by atoms with E-state index in [0.717, 1.165) is 6.42 Å². The quantitative estimate of drug-likeness (QED) is 0.286. The fraction of sp³-hybridized carbons (Fsp3) is 0.485. The van der Waals surface area contributed by atoms with Gasteiger partial charge in [0.25, 0.3) is 0 Å². The topological polar surface area (TPSA) is 0 Å². The molecule has 0 saturated carbocycles. The standard InChI is InChI=1S/C21H25.C9H15Si.C3H6.2ClH.Zr/c1-20(2,3)16-7-9-18-14(12-16)11-15-13-17(21(4,5)6)8-10-19(15)18;1-8-5-6-9(7-8)10(2,3)4;1-3-2;;;/h7-10,12H,11H2,1-6H3;6-8H,1-4H3;1-2H3;2*1H;/q2*-1;;;;+2/p-2. The molecule has 0 fully saturated rings. The zero-order valence-electron chi connectivity index (χ0n) is 25.1. The molecule has 0 nitrogen and oxygen atoms in total. The molecule has 2 aromatic rings. The number of hydrogen-bond donors (Lipinski definition) is 0. The van der Waals surface area contributed by atoms with Crippen molar-refractivity contribution in [3.05, 3.63) is 82.1 Å². The van der Waals surface area contributed by atoms with E-state index >= 15 is 0 Å². The van der Waals surface area contributed by atoms with Crippen LogP contribution in [0.4, 0.5) is 0 Å². The summed E-state index contributed by atoms with van der Waals surface area (Å²) in [5.41, 5.74) is 8.70. The Kier molecular flexibility index (Phi) is 14.0. The average molecular weight is 633 g/mol. The van der Waals surface area contributed by atoms with E-state index in [1.165, 1.54) is 36.6 Å². The van der Waals surface area contributed by atoms with Gasteiger partial charge in [0, 0.05) is 0 Å². The van der Waals surface area contributed by atoms with E-state index in [9.17, 15) is 0 Å². The van der Waals surface area contributed by atoms with Crippen LogP contribution in [0, 0.1) is 18.1 Å². The van der Waals surface area contributed by atoms with Crippen LogP contribution < -0.4 is 24.8 Å². The molecule has 0 aliphatic heterocycles. The molecule has 0 heterocycles. The Labute approximate surface area is 257 Å². The Balaban J connectivity index is 0.000000684. The van der Waals surface area contributed by atoms with Gasteiger partial charge in [-0.15, -0.1) is 11.1 Å². The van der Waals surface area contributed by atoms with Crippen LogP contribution >= 0.6 is 0 Å². The van der Waals surface area contributed by atoms with Gasteiger partial charge in [0.05, 0.1) is 0 Å². The van der Waals surface area contributed by atoms with Gasteiger partial charge in [-0.2, -0.15) is 29.8 Å². The maximum atomic E-state index is 3.67. The van der Waals surface area contributed by atoms with Crippen LogP contribution in [0.1, 0.15) is 84.6 Å². The molecule has 37 heavy (non-hydrogen) atoms. The van der Waals surface area contributed by atoms with Crippen molar-refractivity contribution in [2.24, 2.45) is 5.92 Å². The van der Waals surface area contributed by atoms with Gasteiger partial charge >= 0.3 is 41.3 Å². The first-order valence-corrected chi connectivity index (χ1v) is 17.7. The fourth-order valence-electron chi connectivity index (χ4n) is 4.08. The summed E-state index contributed by atoms with van der Waals surface area (Å²) in [4.78, 5) is 0. The van der Waals surface area contributed by atoms with Gasteiger partial charge in [-0.1, -0.05) is 97.8 Å². The van der Waals surface area contributed by atoms with E-state index in [2.05, 4.69) is 137 Å². The van der Waals surface area contributed by atoms with Crippen LogP contribution in [0.3, 0.4) is 0 Å². The van der Waals surface area contributed by atoms with Crippen LogP contribution in [0.25, 0.3) is 11.1 Å². The second kappa shape index (κ2) is 14.2. The molecule has 1 unspecified atom stereocenters. The summed E-state index contributed by atoms with van der Waals surface area (Å²) in [5.74, 6) is 0.557. The molecule has 2 aliphatic carbocycles. The van der Waals surface area contributed by atoms with E-state index in [1.807, 2.05) is 0 Å². The maximum Gasteiger partial charge on any atom is -1.00 e. The molecule has 2 aliphatic rings. The van der Waals surface area contributed by atoms with E-state index in [4.69, 9.17) is 0 Å². The van der Waals surface area contributed by atoms with Crippen molar-refractivity contribution in [2.75, 3.05) is 0 Å². The summed E-state index contributed by atoms with van der Waals surface area (Å²) in [7, 11) is -1.02. The minimum Gasteiger partial charge on any atom is -1.00 e. The third-order valence-corrected chi connectivity index (χ3v) is 8.30. The zero-order chi connectivity index (χ0) is 26.8. The van der Waals surface area contributed by atoms with Gasteiger partial charge in [-0.05, 0) is 36.5 Å². The van der Waals surface area contributed by atoms with Crippen LogP contribution in [0.15, 0.2) is 47.7 Å². The molecular weight excluding hydrogens is 587 g/mol. The Hall–Kier alpha value is -0.530. The molecule has 202 valence electrons. The summed E-state index contributed by atoms with van der Waals surface area (Å²) in [6.07, 6.45) is 8.84. The third kappa shape index (κ3) is 10.9. The predicted octanol–water partition coefficient (Wildman–Crippen LogP) is 3.21. The summed E-state index contributed by atoms with van der Waals surface area (Å²) in [6.45, 7) is 27.1. The monoisotopic (exact) mass is 630 g/mol. The first-order valence-electron chi connectivity index (χ1n) is 12.9.